The van der Waals surface area contributed by atoms with Gasteiger partial charge >= 0.3 is 0 Å². The molecule has 0 aromatic carbocycles. The first-order valence-electron chi connectivity index (χ1n) is 5.77. The van der Waals surface area contributed by atoms with Crippen LogP contribution in [0.1, 0.15) is 47.0 Å². The molecule has 13 heavy (non-hydrogen) atoms. The Balaban J connectivity index is 2.06. The molecule has 1 rings (SSSR count). The number of hydrogen-bond acceptors (Lipinski definition) is 1. The molecule has 1 aliphatic rings. The molecule has 0 bridgehead atoms. The molecule has 1 N–H and O–H groups in total. The van der Waals surface area contributed by atoms with Gasteiger partial charge in [-0.15, -0.1) is 0 Å². The summed E-state index contributed by atoms with van der Waals surface area (Å²) in [7, 11) is 0. The molecule has 0 saturated heterocycles. The highest BCUT2D eigenvalue weighted by Gasteiger charge is 2.44. The Bertz CT molecular complexity index is 145. The summed E-state index contributed by atoms with van der Waals surface area (Å²) in [5.41, 5.74) is 0.678. The van der Waals surface area contributed by atoms with Crippen LogP contribution >= 0.6 is 0 Å². The second-order valence-corrected chi connectivity index (χ2v) is 5.38. The van der Waals surface area contributed by atoms with Crippen molar-refractivity contribution in [3.63, 3.8) is 0 Å². The zero-order chi connectivity index (χ0) is 9.90. The third kappa shape index (κ3) is 3.30. The Hall–Kier alpha value is -0.0400. The SMILES string of the molecule is CC(C)CCNCC1(C(C)C)CC1. The van der Waals surface area contributed by atoms with Gasteiger partial charge in [-0.25, -0.2) is 0 Å². The third-order valence-corrected chi connectivity index (χ3v) is 3.49. The first-order valence-corrected chi connectivity index (χ1v) is 5.77. The number of hydrogen-bond donors (Lipinski definition) is 1. The van der Waals surface area contributed by atoms with Crippen LogP contribution in [0.2, 0.25) is 0 Å². The molecular formula is C12H25N. The summed E-state index contributed by atoms with van der Waals surface area (Å²) in [6.07, 6.45) is 4.20. The van der Waals surface area contributed by atoms with Gasteiger partial charge in [0.2, 0.25) is 0 Å². The maximum absolute atomic E-state index is 3.60. The lowest BCUT2D eigenvalue weighted by atomic mass is 9.92. The van der Waals surface area contributed by atoms with Crippen LogP contribution in [0.4, 0.5) is 0 Å². The summed E-state index contributed by atoms with van der Waals surface area (Å²) >= 11 is 0. The van der Waals surface area contributed by atoms with E-state index in [2.05, 4.69) is 33.0 Å². The highest BCUT2D eigenvalue weighted by molar-refractivity contribution is 4.96. The third-order valence-electron chi connectivity index (χ3n) is 3.49. The van der Waals surface area contributed by atoms with Crippen molar-refractivity contribution in [2.45, 2.75) is 47.0 Å². The van der Waals surface area contributed by atoms with Crippen molar-refractivity contribution in [2.75, 3.05) is 13.1 Å². The van der Waals surface area contributed by atoms with Crippen LogP contribution in [0.15, 0.2) is 0 Å². The van der Waals surface area contributed by atoms with Crippen LogP contribution in [0.3, 0.4) is 0 Å². The molecule has 1 saturated carbocycles. The molecule has 0 amide bonds. The highest BCUT2D eigenvalue weighted by Crippen LogP contribution is 2.51. The van der Waals surface area contributed by atoms with E-state index < -0.39 is 0 Å². The molecule has 1 heteroatoms. The summed E-state index contributed by atoms with van der Waals surface area (Å²) in [6.45, 7) is 11.7. The van der Waals surface area contributed by atoms with E-state index in [0.29, 0.717) is 5.41 Å². The lowest BCUT2D eigenvalue weighted by molar-refractivity contribution is 0.334. The fourth-order valence-corrected chi connectivity index (χ4v) is 1.85. The van der Waals surface area contributed by atoms with Crippen molar-refractivity contribution in [1.82, 2.24) is 5.32 Å². The molecule has 1 fully saturated rings. The van der Waals surface area contributed by atoms with E-state index in [1.165, 1.54) is 32.4 Å². The Morgan fingerprint density at radius 2 is 1.77 bits per heavy atom. The average Bonchev–Trinajstić information content (AvgIpc) is 2.78. The molecule has 0 aromatic rings. The molecule has 0 unspecified atom stereocenters. The van der Waals surface area contributed by atoms with Gasteiger partial charge in [-0.05, 0) is 43.1 Å². The largest absolute Gasteiger partial charge is 0.316 e. The number of nitrogens with one attached hydrogen (secondary N) is 1. The van der Waals surface area contributed by atoms with E-state index in [1.807, 2.05) is 0 Å². The topological polar surface area (TPSA) is 12.0 Å². The van der Waals surface area contributed by atoms with E-state index in [1.54, 1.807) is 0 Å². The monoisotopic (exact) mass is 183 g/mol. The minimum atomic E-state index is 0.678. The Morgan fingerprint density at radius 3 is 2.15 bits per heavy atom. The van der Waals surface area contributed by atoms with Gasteiger partial charge < -0.3 is 5.32 Å². The molecule has 0 spiro atoms. The molecule has 1 nitrogen and oxygen atoms in total. The van der Waals surface area contributed by atoms with Crippen molar-refractivity contribution >= 4 is 0 Å². The molecule has 0 radical (unpaired) electrons. The summed E-state index contributed by atoms with van der Waals surface area (Å²) in [5.74, 6) is 1.70. The van der Waals surface area contributed by atoms with Gasteiger partial charge in [0.1, 0.15) is 0 Å². The smallest absolute Gasteiger partial charge is 0.00103 e. The molecule has 0 atom stereocenters. The molecule has 0 aliphatic heterocycles. The van der Waals surface area contributed by atoms with Crippen LogP contribution in [0.5, 0.6) is 0 Å². The lowest BCUT2D eigenvalue weighted by Gasteiger charge is -2.20. The molecule has 0 heterocycles. The molecule has 1 aliphatic carbocycles. The first kappa shape index (κ1) is 11.0. The summed E-state index contributed by atoms with van der Waals surface area (Å²) in [5, 5.41) is 3.60. The van der Waals surface area contributed by atoms with Gasteiger partial charge in [0.05, 0.1) is 0 Å². The van der Waals surface area contributed by atoms with Crippen molar-refractivity contribution in [1.29, 1.82) is 0 Å². The minimum absolute atomic E-state index is 0.678. The average molecular weight is 183 g/mol. The van der Waals surface area contributed by atoms with Gasteiger partial charge in [-0.2, -0.15) is 0 Å². The maximum atomic E-state index is 3.60. The van der Waals surface area contributed by atoms with Crippen molar-refractivity contribution in [3.8, 4) is 0 Å². The summed E-state index contributed by atoms with van der Waals surface area (Å²) in [6, 6.07) is 0. The zero-order valence-corrected chi connectivity index (χ0v) is 9.69. The van der Waals surface area contributed by atoms with Crippen LogP contribution in [0, 0.1) is 17.3 Å². The molecular weight excluding hydrogens is 158 g/mol. The lowest BCUT2D eigenvalue weighted by Crippen LogP contribution is -2.28. The zero-order valence-electron chi connectivity index (χ0n) is 9.69. The normalized spacial score (nSPS) is 19.8. The number of rotatable bonds is 6. The standard InChI is InChI=1S/C12H25N/c1-10(2)5-8-13-9-12(6-7-12)11(3)4/h10-11,13H,5-9H2,1-4H3. The van der Waals surface area contributed by atoms with Crippen LogP contribution in [0.25, 0.3) is 0 Å². The Morgan fingerprint density at radius 1 is 1.15 bits per heavy atom. The van der Waals surface area contributed by atoms with Crippen molar-refractivity contribution < 1.29 is 0 Å². The second-order valence-electron chi connectivity index (χ2n) is 5.38. The summed E-state index contributed by atoms with van der Waals surface area (Å²) < 4.78 is 0. The predicted molar refractivity (Wildman–Crippen MR) is 58.8 cm³/mol. The molecule has 78 valence electrons. The fraction of sp³-hybridized carbons (Fsp3) is 1.00. The van der Waals surface area contributed by atoms with Crippen molar-refractivity contribution in [3.05, 3.63) is 0 Å². The van der Waals surface area contributed by atoms with Gasteiger partial charge in [-0.3, -0.25) is 0 Å². The summed E-state index contributed by atoms with van der Waals surface area (Å²) in [4.78, 5) is 0. The Labute approximate surface area is 83.3 Å². The predicted octanol–water partition coefficient (Wildman–Crippen LogP) is 3.06. The van der Waals surface area contributed by atoms with Crippen LogP contribution in [-0.4, -0.2) is 13.1 Å². The molecule has 0 aromatic heterocycles. The first-order chi connectivity index (χ1) is 6.07. The van der Waals surface area contributed by atoms with E-state index in [4.69, 9.17) is 0 Å². The quantitative estimate of drug-likeness (QED) is 0.624. The van der Waals surface area contributed by atoms with E-state index >= 15 is 0 Å². The fourth-order valence-electron chi connectivity index (χ4n) is 1.85. The van der Waals surface area contributed by atoms with Crippen LogP contribution in [-0.2, 0) is 0 Å². The highest BCUT2D eigenvalue weighted by atomic mass is 14.9. The second kappa shape index (κ2) is 4.45. The Kier molecular flexibility index (Phi) is 3.78. The van der Waals surface area contributed by atoms with E-state index in [9.17, 15) is 0 Å². The minimum Gasteiger partial charge on any atom is -0.316 e. The van der Waals surface area contributed by atoms with Crippen LogP contribution < -0.4 is 5.32 Å². The van der Waals surface area contributed by atoms with Crippen molar-refractivity contribution in [2.24, 2.45) is 17.3 Å². The van der Waals surface area contributed by atoms with E-state index in [-0.39, 0.29) is 0 Å². The van der Waals surface area contributed by atoms with E-state index in [0.717, 1.165) is 11.8 Å². The van der Waals surface area contributed by atoms with Gasteiger partial charge in [0.25, 0.3) is 0 Å². The van der Waals surface area contributed by atoms with Gasteiger partial charge in [0, 0.05) is 6.54 Å². The van der Waals surface area contributed by atoms with Gasteiger partial charge in [0.15, 0.2) is 0 Å². The van der Waals surface area contributed by atoms with Gasteiger partial charge in [-0.1, -0.05) is 27.7 Å². The maximum Gasteiger partial charge on any atom is 0.00103 e.